The average molecular weight is 224 g/mol. The molecule has 1 aromatic rings. The van der Waals surface area contributed by atoms with Crippen molar-refractivity contribution >= 4 is 11.6 Å². The summed E-state index contributed by atoms with van der Waals surface area (Å²) in [7, 11) is 0. The summed E-state index contributed by atoms with van der Waals surface area (Å²) in [5.41, 5.74) is 2.74. The summed E-state index contributed by atoms with van der Waals surface area (Å²) in [5, 5.41) is 4.47. The summed E-state index contributed by atoms with van der Waals surface area (Å²) in [6.45, 7) is 5.50. The van der Waals surface area contributed by atoms with Crippen LogP contribution < -0.4 is 5.32 Å². The van der Waals surface area contributed by atoms with E-state index in [2.05, 4.69) is 37.4 Å². The minimum absolute atomic E-state index is 0.249. The molecule has 1 N–H and O–H groups in total. The van der Waals surface area contributed by atoms with E-state index in [1.165, 1.54) is 24.0 Å². The zero-order valence-electron chi connectivity index (χ0n) is 9.44. The van der Waals surface area contributed by atoms with Crippen molar-refractivity contribution in [3.8, 4) is 0 Å². The SMILES string of the molecule is Cc1ccc(CC2(C)CCCN2)c(Cl)c1. The molecule has 1 nitrogen and oxygen atoms in total. The Kier molecular flexibility index (Phi) is 3.03. The summed E-state index contributed by atoms with van der Waals surface area (Å²) in [5.74, 6) is 0. The van der Waals surface area contributed by atoms with Crippen molar-refractivity contribution in [3.05, 3.63) is 34.3 Å². The molecule has 2 heteroatoms. The van der Waals surface area contributed by atoms with Crippen molar-refractivity contribution < 1.29 is 0 Å². The van der Waals surface area contributed by atoms with Crippen molar-refractivity contribution in [3.63, 3.8) is 0 Å². The standard InChI is InChI=1S/C13H18ClN/c1-10-4-5-11(12(14)8-10)9-13(2)6-3-7-15-13/h4-5,8,15H,3,6-7,9H2,1-2H3. The Bertz CT molecular complexity index is 354. The monoisotopic (exact) mass is 223 g/mol. The van der Waals surface area contributed by atoms with Crippen LogP contribution in [0.4, 0.5) is 0 Å². The molecule has 1 aliphatic heterocycles. The van der Waals surface area contributed by atoms with E-state index in [-0.39, 0.29) is 5.54 Å². The second kappa shape index (κ2) is 4.15. The molecule has 0 bridgehead atoms. The summed E-state index contributed by atoms with van der Waals surface area (Å²) in [6, 6.07) is 6.34. The Morgan fingerprint density at radius 1 is 1.47 bits per heavy atom. The molecule has 0 amide bonds. The molecule has 82 valence electrons. The highest BCUT2D eigenvalue weighted by atomic mass is 35.5. The molecule has 0 aromatic heterocycles. The number of hydrogen-bond acceptors (Lipinski definition) is 1. The minimum Gasteiger partial charge on any atom is -0.311 e. The zero-order chi connectivity index (χ0) is 10.9. The lowest BCUT2D eigenvalue weighted by Gasteiger charge is -2.25. The first-order chi connectivity index (χ1) is 7.09. The fraction of sp³-hybridized carbons (Fsp3) is 0.538. The number of benzene rings is 1. The highest BCUT2D eigenvalue weighted by molar-refractivity contribution is 6.31. The molecule has 1 aromatic carbocycles. The predicted molar refractivity (Wildman–Crippen MR) is 65.5 cm³/mol. The molecule has 0 radical (unpaired) electrons. The first-order valence-electron chi connectivity index (χ1n) is 5.59. The molecule has 1 fully saturated rings. The van der Waals surface area contributed by atoms with E-state index in [9.17, 15) is 0 Å². The molecule has 1 heterocycles. The van der Waals surface area contributed by atoms with Gasteiger partial charge in [0.2, 0.25) is 0 Å². The molecular formula is C13H18ClN. The molecule has 0 spiro atoms. The summed E-state index contributed by atoms with van der Waals surface area (Å²) in [4.78, 5) is 0. The number of aryl methyl sites for hydroxylation is 1. The Labute approximate surface area is 96.8 Å². The Morgan fingerprint density at radius 3 is 2.87 bits per heavy atom. The van der Waals surface area contributed by atoms with E-state index >= 15 is 0 Å². The lowest BCUT2D eigenvalue weighted by molar-refractivity contribution is 0.412. The first kappa shape index (κ1) is 11.0. The van der Waals surface area contributed by atoms with E-state index in [0.717, 1.165) is 18.0 Å². The van der Waals surface area contributed by atoms with Crippen LogP contribution in [0.25, 0.3) is 0 Å². The third-order valence-electron chi connectivity index (χ3n) is 3.25. The zero-order valence-corrected chi connectivity index (χ0v) is 10.2. The fourth-order valence-corrected chi connectivity index (χ4v) is 2.63. The van der Waals surface area contributed by atoms with E-state index in [0.29, 0.717) is 0 Å². The molecular weight excluding hydrogens is 206 g/mol. The molecule has 1 atom stereocenters. The Morgan fingerprint density at radius 2 is 2.27 bits per heavy atom. The smallest absolute Gasteiger partial charge is 0.0441 e. The van der Waals surface area contributed by atoms with Crippen molar-refractivity contribution in [2.24, 2.45) is 0 Å². The van der Waals surface area contributed by atoms with Gasteiger partial charge in [-0.25, -0.2) is 0 Å². The fourth-order valence-electron chi connectivity index (χ4n) is 2.32. The van der Waals surface area contributed by atoms with Crippen molar-refractivity contribution in [2.75, 3.05) is 6.54 Å². The number of nitrogens with one attached hydrogen (secondary N) is 1. The summed E-state index contributed by atoms with van der Waals surface area (Å²) < 4.78 is 0. The maximum atomic E-state index is 6.24. The molecule has 1 saturated heterocycles. The van der Waals surface area contributed by atoms with Crippen molar-refractivity contribution in [2.45, 2.75) is 38.6 Å². The van der Waals surface area contributed by atoms with Crippen LogP contribution in [0.3, 0.4) is 0 Å². The minimum atomic E-state index is 0.249. The Hall–Kier alpha value is -0.530. The molecule has 0 saturated carbocycles. The van der Waals surface area contributed by atoms with Gasteiger partial charge in [-0.05, 0) is 56.8 Å². The van der Waals surface area contributed by atoms with Gasteiger partial charge in [-0.1, -0.05) is 23.7 Å². The highest BCUT2D eigenvalue weighted by Crippen LogP contribution is 2.27. The second-order valence-electron chi connectivity index (χ2n) is 4.86. The van der Waals surface area contributed by atoms with Crippen LogP contribution >= 0.6 is 11.6 Å². The van der Waals surface area contributed by atoms with Gasteiger partial charge in [0.05, 0.1) is 0 Å². The van der Waals surface area contributed by atoms with E-state index in [4.69, 9.17) is 11.6 Å². The molecule has 1 unspecified atom stereocenters. The van der Waals surface area contributed by atoms with Crippen molar-refractivity contribution in [1.29, 1.82) is 0 Å². The average Bonchev–Trinajstić information content (AvgIpc) is 2.58. The van der Waals surface area contributed by atoms with E-state index < -0.39 is 0 Å². The van der Waals surface area contributed by atoms with Gasteiger partial charge in [0.1, 0.15) is 0 Å². The quantitative estimate of drug-likeness (QED) is 0.811. The van der Waals surface area contributed by atoms with E-state index in [1.807, 2.05) is 0 Å². The topological polar surface area (TPSA) is 12.0 Å². The van der Waals surface area contributed by atoms with Gasteiger partial charge in [-0.15, -0.1) is 0 Å². The molecule has 15 heavy (non-hydrogen) atoms. The normalized spacial score (nSPS) is 25.8. The van der Waals surface area contributed by atoms with Gasteiger partial charge in [-0.3, -0.25) is 0 Å². The third-order valence-corrected chi connectivity index (χ3v) is 3.60. The maximum Gasteiger partial charge on any atom is 0.0441 e. The van der Waals surface area contributed by atoms with Crippen LogP contribution in [0.5, 0.6) is 0 Å². The van der Waals surface area contributed by atoms with Crippen LogP contribution in [0.15, 0.2) is 18.2 Å². The lowest BCUT2D eigenvalue weighted by Crippen LogP contribution is -2.38. The van der Waals surface area contributed by atoms with Crippen LogP contribution in [0.2, 0.25) is 5.02 Å². The molecule has 2 rings (SSSR count). The Balaban J connectivity index is 2.16. The van der Waals surface area contributed by atoms with Gasteiger partial charge >= 0.3 is 0 Å². The second-order valence-corrected chi connectivity index (χ2v) is 5.27. The van der Waals surface area contributed by atoms with Crippen molar-refractivity contribution in [1.82, 2.24) is 5.32 Å². The third kappa shape index (κ3) is 2.53. The summed E-state index contributed by atoms with van der Waals surface area (Å²) in [6.07, 6.45) is 3.56. The highest BCUT2D eigenvalue weighted by Gasteiger charge is 2.28. The molecule has 1 aliphatic rings. The largest absolute Gasteiger partial charge is 0.311 e. The lowest BCUT2D eigenvalue weighted by atomic mass is 9.91. The summed E-state index contributed by atoms with van der Waals surface area (Å²) >= 11 is 6.24. The van der Waals surface area contributed by atoms with Gasteiger partial charge in [0.15, 0.2) is 0 Å². The van der Waals surface area contributed by atoms with Gasteiger partial charge in [0.25, 0.3) is 0 Å². The first-order valence-corrected chi connectivity index (χ1v) is 5.97. The molecule has 0 aliphatic carbocycles. The maximum absolute atomic E-state index is 6.24. The van der Waals surface area contributed by atoms with Gasteiger partial charge in [0, 0.05) is 10.6 Å². The van der Waals surface area contributed by atoms with Gasteiger partial charge < -0.3 is 5.32 Å². The van der Waals surface area contributed by atoms with Crippen LogP contribution in [-0.4, -0.2) is 12.1 Å². The van der Waals surface area contributed by atoms with Gasteiger partial charge in [-0.2, -0.15) is 0 Å². The number of halogens is 1. The number of hydrogen-bond donors (Lipinski definition) is 1. The number of rotatable bonds is 2. The predicted octanol–water partition coefficient (Wildman–Crippen LogP) is 3.33. The van der Waals surface area contributed by atoms with E-state index in [1.54, 1.807) is 0 Å². The van der Waals surface area contributed by atoms with Crippen LogP contribution in [0.1, 0.15) is 30.9 Å². The van der Waals surface area contributed by atoms with Crippen LogP contribution in [0, 0.1) is 6.92 Å². The van der Waals surface area contributed by atoms with Crippen LogP contribution in [-0.2, 0) is 6.42 Å².